The minimum atomic E-state index is -1.83. The van der Waals surface area contributed by atoms with Crippen LogP contribution in [-0.2, 0) is 24.0 Å². The molecule has 49 heavy (non-hydrogen) atoms. The van der Waals surface area contributed by atoms with Gasteiger partial charge in [0, 0.05) is 29.0 Å². The number of fused-ring (bicyclic) bond motifs is 2. The Morgan fingerprint density at radius 1 is 1.18 bits per heavy atom. The summed E-state index contributed by atoms with van der Waals surface area (Å²) in [6.45, 7) is 3.87. The van der Waals surface area contributed by atoms with Crippen LogP contribution in [0.3, 0.4) is 0 Å². The summed E-state index contributed by atoms with van der Waals surface area (Å²) in [5.41, 5.74) is 2.53. The molecule has 1 fully saturated rings. The molecule has 2 aliphatic heterocycles. The van der Waals surface area contributed by atoms with E-state index in [1.165, 1.54) is 26.2 Å². The summed E-state index contributed by atoms with van der Waals surface area (Å²) in [5.74, 6) is -5.44. The number of nitrogen functional groups attached to an aromatic ring is 1. The Labute approximate surface area is 282 Å². The van der Waals surface area contributed by atoms with Crippen LogP contribution in [0.4, 0.5) is 9.93 Å². The lowest BCUT2D eigenvalue weighted by molar-refractivity contribution is -0.161. The second kappa shape index (κ2) is 13.0. The molecule has 2 aromatic heterocycles. The van der Waals surface area contributed by atoms with Crippen LogP contribution in [0.2, 0.25) is 0 Å². The largest absolute Gasteiger partial charge is 0.512 e. The van der Waals surface area contributed by atoms with Gasteiger partial charge in [0.25, 0.3) is 17.7 Å². The number of hydrogen-bond donors (Lipinski definition) is 8. The number of carboxylic acid groups (broad SMARTS) is 2. The van der Waals surface area contributed by atoms with E-state index < -0.39 is 81.4 Å². The van der Waals surface area contributed by atoms with Crippen LogP contribution in [-0.4, -0.2) is 99.7 Å². The summed E-state index contributed by atoms with van der Waals surface area (Å²) in [5, 5.41) is 47.6. The number of thiazole rings is 1. The highest BCUT2D eigenvalue weighted by Crippen LogP contribution is 2.41. The van der Waals surface area contributed by atoms with Gasteiger partial charge >= 0.3 is 12.1 Å². The molecule has 1 aromatic carbocycles. The first-order chi connectivity index (χ1) is 23.0. The number of phenols is 2. The molecule has 1 saturated heterocycles. The number of aromatic nitrogens is 2. The van der Waals surface area contributed by atoms with E-state index in [0.717, 1.165) is 46.3 Å². The highest BCUT2D eigenvalue weighted by molar-refractivity contribution is 8.00. The maximum atomic E-state index is 13.4. The van der Waals surface area contributed by atoms with E-state index >= 15 is 0 Å². The number of rotatable bonds is 10. The smallest absolute Gasteiger partial charge is 0.504 e. The molecule has 9 N–H and O–H groups in total. The fourth-order valence-corrected chi connectivity index (χ4v) is 6.66. The number of nitrogens with two attached hydrogens (primary N) is 1. The molecule has 0 saturated carbocycles. The van der Waals surface area contributed by atoms with Gasteiger partial charge in [0.2, 0.25) is 16.9 Å². The first-order valence-corrected chi connectivity index (χ1v) is 15.9. The Hall–Kier alpha value is -5.83. The predicted octanol–water partition coefficient (Wildman–Crippen LogP) is 0.687. The number of carboxylic acids is 1. The molecule has 4 heterocycles. The summed E-state index contributed by atoms with van der Waals surface area (Å²) >= 11 is 2.07. The van der Waals surface area contributed by atoms with Gasteiger partial charge in [-0.3, -0.25) is 24.1 Å². The van der Waals surface area contributed by atoms with Crippen molar-refractivity contribution in [2.24, 2.45) is 5.16 Å². The molecule has 19 nitrogen and oxygen atoms in total. The highest BCUT2D eigenvalue weighted by Gasteiger charge is 2.55. The van der Waals surface area contributed by atoms with Gasteiger partial charge in [-0.1, -0.05) is 5.16 Å². The van der Waals surface area contributed by atoms with Crippen LogP contribution in [0.15, 0.2) is 45.1 Å². The molecule has 3 atom stereocenters. The number of carbonyl (C=O) groups excluding carboxylic acids is 3. The van der Waals surface area contributed by atoms with E-state index in [4.69, 9.17) is 15.3 Å². The standard InChI is InChI=1S/C28H27N7O12S2/c1-9(31-20(39)11-6-30-13-5-16(37)15(36)4-10(13)19(11)38)12-7-48-24-18(22(41)35(24)23(12)46-27(44)45)33-21(40)17(14-8-49-26(29)32-14)34-47-28(2,3)25(42)43/h4-6,8-9,18,24,36-37H,7H2,1-3H3,(H2,29,32)(H,30,38)(H,31,39)(H,33,40)(H,42,43)(H,44,45)/b34-17-/t9?,18?,24-/m0/s1. The summed E-state index contributed by atoms with van der Waals surface area (Å²) < 4.78 is 4.98. The number of thioether (sulfide) groups is 1. The molecule has 0 bridgehead atoms. The van der Waals surface area contributed by atoms with E-state index in [0.29, 0.717) is 0 Å². The Bertz CT molecular complexity index is 2040. The van der Waals surface area contributed by atoms with Gasteiger partial charge in [-0.15, -0.1) is 23.1 Å². The van der Waals surface area contributed by atoms with Crippen molar-refractivity contribution in [3.05, 3.63) is 56.6 Å². The fraction of sp³-hybridized carbons (Fsp3) is 0.286. The van der Waals surface area contributed by atoms with Crippen LogP contribution in [0.25, 0.3) is 10.9 Å². The average molecular weight is 718 g/mol. The molecule has 2 unspecified atom stereocenters. The summed E-state index contributed by atoms with van der Waals surface area (Å²) in [7, 11) is 0. The van der Waals surface area contributed by atoms with E-state index in [1.807, 2.05) is 0 Å². The van der Waals surface area contributed by atoms with Gasteiger partial charge < -0.3 is 51.4 Å². The number of anilines is 1. The molecular formula is C28H27N7O12S2. The third-order valence-electron chi connectivity index (χ3n) is 7.37. The van der Waals surface area contributed by atoms with Gasteiger partial charge in [0.05, 0.1) is 16.9 Å². The number of carbonyl (C=O) groups is 5. The minimum Gasteiger partial charge on any atom is -0.504 e. The van der Waals surface area contributed by atoms with Crippen LogP contribution in [0.5, 0.6) is 11.5 Å². The number of H-pyrrole nitrogens is 1. The average Bonchev–Trinajstić information content (AvgIpc) is 3.45. The number of ether oxygens (including phenoxy) is 1. The van der Waals surface area contributed by atoms with Crippen LogP contribution >= 0.6 is 23.1 Å². The van der Waals surface area contributed by atoms with E-state index in [9.17, 15) is 49.2 Å². The van der Waals surface area contributed by atoms with Crippen molar-refractivity contribution in [1.82, 2.24) is 25.5 Å². The first-order valence-electron chi connectivity index (χ1n) is 14.0. The number of hydrogen-bond acceptors (Lipinski definition) is 15. The molecule has 0 aliphatic carbocycles. The number of nitrogens with one attached hydrogen (secondary N) is 3. The predicted molar refractivity (Wildman–Crippen MR) is 172 cm³/mol. The SMILES string of the molecule is CC(NC(=O)c1c[nH]c2cc(O)c(O)cc2c1=O)C1=C(OC(=O)O)N2C(=O)C(NC(=O)/C(=N\OC(C)(C)C(=O)O)c3csc(N)n3)[C@@H]2SC1. The number of aromatic hydroxyl groups is 2. The van der Waals surface area contributed by atoms with E-state index in [1.54, 1.807) is 0 Å². The number of amides is 3. The van der Waals surface area contributed by atoms with Crippen molar-refractivity contribution in [2.45, 2.75) is 43.8 Å². The Morgan fingerprint density at radius 2 is 1.88 bits per heavy atom. The topological polar surface area (TPSA) is 296 Å². The molecule has 3 aromatic rings. The quantitative estimate of drug-likeness (QED) is 0.0470. The number of benzene rings is 1. The molecule has 5 rings (SSSR count). The maximum Gasteiger partial charge on any atom is 0.512 e. The zero-order valence-electron chi connectivity index (χ0n) is 25.5. The van der Waals surface area contributed by atoms with Crippen LogP contribution in [0.1, 0.15) is 36.8 Å². The molecule has 0 radical (unpaired) electrons. The van der Waals surface area contributed by atoms with Crippen molar-refractivity contribution in [3.63, 3.8) is 0 Å². The minimum absolute atomic E-state index is 0.00554. The number of aliphatic carboxylic acids is 1. The van der Waals surface area contributed by atoms with Gasteiger partial charge in [0.1, 0.15) is 22.7 Å². The first kappa shape index (κ1) is 34.5. The van der Waals surface area contributed by atoms with Gasteiger partial charge in [-0.2, -0.15) is 0 Å². The van der Waals surface area contributed by atoms with Crippen molar-refractivity contribution in [3.8, 4) is 11.5 Å². The zero-order chi connectivity index (χ0) is 35.9. The lowest BCUT2D eigenvalue weighted by Crippen LogP contribution is -2.71. The normalized spacial score (nSPS) is 18.3. The van der Waals surface area contributed by atoms with Crippen molar-refractivity contribution in [1.29, 1.82) is 0 Å². The number of phenolic OH excluding ortho intramolecular Hbond substituents is 2. The van der Waals surface area contributed by atoms with E-state index in [-0.39, 0.29) is 38.6 Å². The van der Waals surface area contributed by atoms with Crippen molar-refractivity contribution >= 4 is 74.7 Å². The number of pyridine rings is 1. The molecule has 21 heteroatoms. The summed E-state index contributed by atoms with van der Waals surface area (Å²) in [4.78, 5) is 88.7. The number of β-lactam (4-membered cyclic amide) rings is 1. The lowest BCUT2D eigenvalue weighted by Gasteiger charge is -2.49. The molecule has 2 aliphatic rings. The zero-order valence-corrected chi connectivity index (χ0v) is 27.2. The van der Waals surface area contributed by atoms with Crippen molar-refractivity contribution in [2.75, 3.05) is 11.5 Å². The van der Waals surface area contributed by atoms with Crippen LogP contribution < -0.4 is 21.8 Å². The highest BCUT2D eigenvalue weighted by atomic mass is 32.2. The van der Waals surface area contributed by atoms with Gasteiger partial charge in [-0.25, -0.2) is 14.6 Å². The summed E-state index contributed by atoms with van der Waals surface area (Å²) in [6.07, 6.45) is -0.658. The fourth-order valence-electron chi connectivity index (χ4n) is 4.67. The third-order valence-corrected chi connectivity index (χ3v) is 9.34. The Kier molecular flexibility index (Phi) is 9.15. The summed E-state index contributed by atoms with van der Waals surface area (Å²) in [6, 6.07) is -0.0954. The van der Waals surface area contributed by atoms with Crippen molar-refractivity contribution < 1.29 is 54.0 Å². The Balaban J connectivity index is 1.37. The number of oxime groups is 1. The Morgan fingerprint density at radius 3 is 2.51 bits per heavy atom. The molecule has 3 amide bonds. The monoisotopic (exact) mass is 717 g/mol. The third kappa shape index (κ3) is 6.65. The molecule has 258 valence electrons. The second-order valence-electron chi connectivity index (χ2n) is 11.1. The molecule has 0 spiro atoms. The number of aromatic amines is 1. The van der Waals surface area contributed by atoms with Gasteiger partial charge in [0.15, 0.2) is 22.3 Å². The molecular weight excluding hydrogens is 690 g/mol. The second-order valence-corrected chi connectivity index (χ2v) is 13.1. The van der Waals surface area contributed by atoms with E-state index in [2.05, 4.69) is 25.8 Å². The van der Waals surface area contributed by atoms with Crippen LogP contribution in [0, 0.1) is 0 Å². The van der Waals surface area contributed by atoms with Gasteiger partial charge in [-0.05, 0) is 26.8 Å². The lowest BCUT2D eigenvalue weighted by atomic mass is 10.0. The maximum absolute atomic E-state index is 13.4. The number of nitrogens with zero attached hydrogens (tertiary/aromatic N) is 3.